The van der Waals surface area contributed by atoms with Gasteiger partial charge in [0.2, 0.25) is 6.08 Å². The molecule has 0 aliphatic rings. The summed E-state index contributed by atoms with van der Waals surface area (Å²) in [5, 5.41) is 1.19. The third-order valence-electron chi connectivity index (χ3n) is 9.30. The van der Waals surface area contributed by atoms with Crippen molar-refractivity contribution in [3.8, 4) is 0 Å². The average molecular weight is 1140 g/mol. The highest BCUT2D eigenvalue weighted by Crippen LogP contribution is 2.70. The molecule has 4 nitrogen and oxygen atoms in total. The van der Waals surface area contributed by atoms with Gasteiger partial charge < -0.3 is 5.32 Å². The highest BCUT2D eigenvalue weighted by molar-refractivity contribution is 5.95. The van der Waals surface area contributed by atoms with E-state index in [2.05, 4.69) is 4.99 Å². The van der Waals surface area contributed by atoms with E-state index in [1.54, 1.807) is 0 Å². The molecule has 1 atom stereocenters. The Labute approximate surface area is 363 Å². The molecule has 71 heavy (non-hydrogen) atoms. The lowest BCUT2D eigenvalue weighted by Crippen LogP contribution is -2.80. The molecule has 0 radical (unpaired) electrons. The molecule has 0 aliphatic carbocycles. The fourth-order valence-electron chi connectivity index (χ4n) is 5.01. The van der Waals surface area contributed by atoms with Crippen molar-refractivity contribution in [1.82, 2.24) is 5.32 Å². The number of benzene rings is 1. The molecule has 0 aliphatic heterocycles. The van der Waals surface area contributed by atoms with Gasteiger partial charge in [-0.25, -0.2) is 4.79 Å². The van der Waals surface area contributed by atoms with Crippen molar-refractivity contribution >= 4 is 17.7 Å². The SMILES string of the molecule is Cc1cc(C(=O)NC(C)CC(F)(F)C(F)(F)C(F)(F)C(F)(F)C(F)(F)C(F)(F)C(F)(F)C(F)(F)C(F)(F)C(F)(F)C(F)(F)C(F)(F)C(F)(F)C(F)(F)C(F)(F)C(F)(F)C(F)(F)C(F)(F)F)ccc1N=C=O. The Morgan fingerprint density at radius 3 is 0.901 bits per heavy atom. The summed E-state index contributed by atoms with van der Waals surface area (Å²) in [6, 6.07) is -0.914. The number of alkyl halides is 37. The quantitative estimate of drug-likeness (QED) is 0.0758. The number of nitrogens with one attached hydrogen (secondary N) is 1. The van der Waals surface area contributed by atoms with E-state index in [9.17, 15) is 172 Å². The van der Waals surface area contributed by atoms with Crippen LogP contribution >= 0.6 is 0 Å². The molecule has 1 rings (SSSR count). The maximum absolute atomic E-state index is 14.5. The number of hydrogen-bond acceptors (Lipinski definition) is 3. The molecule has 0 spiro atoms. The lowest BCUT2D eigenvalue weighted by atomic mass is 9.82. The second-order valence-corrected chi connectivity index (χ2v) is 14.2. The normalized spacial score (nSPS) is 16.4. The Kier molecular flexibility index (Phi) is 15.7. The van der Waals surface area contributed by atoms with Crippen LogP contribution in [0.25, 0.3) is 0 Å². The predicted molar refractivity (Wildman–Crippen MR) is 151 cm³/mol. The molecule has 0 saturated heterocycles. The van der Waals surface area contributed by atoms with Crippen molar-refractivity contribution in [2.75, 3.05) is 0 Å². The van der Waals surface area contributed by atoms with Gasteiger partial charge in [-0.3, -0.25) is 4.79 Å². The Morgan fingerprint density at radius 2 is 0.676 bits per heavy atom. The Hall–Kier alpha value is -4.52. The fourth-order valence-corrected chi connectivity index (χ4v) is 5.01. The van der Waals surface area contributed by atoms with Gasteiger partial charge >= 0.3 is 107 Å². The molecule has 41 heteroatoms. The molecule has 414 valence electrons. The number of carbonyl (C=O) groups is 1. The number of rotatable bonds is 21. The number of aryl methyl sites for hydroxylation is 1. The van der Waals surface area contributed by atoms with E-state index in [4.69, 9.17) is 0 Å². The summed E-state index contributed by atoms with van der Waals surface area (Å²) in [5.41, 5.74) is -1.29. The second-order valence-electron chi connectivity index (χ2n) is 14.2. The fraction of sp³-hybridized carbons (Fsp3) is 0.733. The van der Waals surface area contributed by atoms with Gasteiger partial charge in [-0.1, -0.05) is 0 Å². The minimum atomic E-state index is -10.5. The number of hydrogen-bond donors (Lipinski definition) is 1. The largest absolute Gasteiger partial charge is 0.460 e. The van der Waals surface area contributed by atoms with Crippen molar-refractivity contribution < 1.29 is 172 Å². The summed E-state index contributed by atoms with van der Waals surface area (Å²) in [6.07, 6.45) is -10.9. The summed E-state index contributed by atoms with van der Waals surface area (Å²) >= 11 is 0. The Bertz CT molecular complexity index is 2180. The molecule has 0 bridgehead atoms. The van der Waals surface area contributed by atoms with Crippen LogP contribution in [0.1, 0.15) is 29.3 Å². The van der Waals surface area contributed by atoms with Gasteiger partial charge in [0, 0.05) is 18.0 Å². The number of nitrogens with zero attached hydrogens (tertiary/aromatic N) is 1. The van der Waals surface area contributed by atoms with Crippen molar-refractivity contribution in [3.05, 3.63) is 29.3 Å². The Balaban J connectivity index is 3.93. The van der Waals surface area contributed by atoms with E-state index in [1.165, 1.54) is 5.32 Å². The third kappa shape index (κ3) is 8.38. The van der Waals surface area contributed by atoms with E-state index in [1.807, 2.05) is 0 Å². The van der Waals surface area contributed by atoms with Crippen LogP contribution in [0.15, 0.2) is 23.2 Å². The number of carbonyl (C=O) groups excluding carboxylic acids is 2. The van der Waals surface area contributed by atoms with Crippen molar-refractivity contribution in [3.63, 3.8) is 0 Å². The molecular formula is C30H13F37N2O2. The summed E-state index contributed by atoms with van der Waals surface area (Å²) in [6.45, 7) is 1.02. The highest BCUT2D eigenvalue weighted by atomic mass is 19.4. The van der Waals surface area contributed by atoms with Crippen molar-refractivity contribution in [2.45, 2.75) is 133 Å². The van der Waals surface area contributed by atoms with Gasteiger partial charge in [0.05, 0.1) is 5.69 Å². The van der Waals surface area contributed by atoms with Crippen molar-refractivity contribution in [1.29, 1.82) is 0 Å². The van der Waals surface area contributed by atoms with E-state index >= 15 is 0 Å². The number of isocyanates is 1. The van der Waals surface area contributed by atoms with Crippen LogP contribution in [0.2, 0.25) is 0 Å². The molecule has 0 fully saturated rings. The molecule has 1 N–H and O–H groups in total. The standard InChI is InChI=1S/C30H13F37N2O2/c1-8-5-10(3-4-11(8)68-7-70)12(71)69-9(2)6-13(31,32)14(33,34)15(35,36)16(37,38)17(39,40)18(41,42)19(43,44)20(45,46)21(47,48)22(49,50)23(51,52)24(53,54)25(55,56)26(57,58)27(59,60)28(61,62)29(63,64)30(65,66)67/h3-5,9H,6H2,1-2H3,(H,69,71). The van der Waals surface area contributed by atoms with Gasteiger partial charge in [-0.15, -0.1) is 0 Å². The zero-order valence-corrected chi connectivity index (χ0v) is 32.3. The molecule has 1 aromatic carbocycles. The summed E-state index contributed by atoms with van der Waals surface area (Å²) in [4.78, 5) is 25.6. The van der Waals surface area contributed by atoms with Gasteiger partial charge in [-0.05, 0) is 37.6 Å². The number of halogens is 37. The summed E-state index contributed by atoms with van der Waals surface area (Å²) in [5.74, 6) is -168. The first-order chi connectivity index (χ1) is 30.5. The maximum Gasteiger partial charge on any atom is 0.460 e. The van der Waals surface area contributed by atoms with Gasteiger partial charge in [0.15, 0.2) is 0 Å². The molecule has 0 saturated carbocycles. The second kappa shape index (κ2) is 17.3. The molecule has 1 unspecified atom stereocenters. The monoisotopic (exact) mass is 1140 g/mol. The zero-order chi connectivity index (χ0) is 57.8. The Morgan fingerprint density at radius 1 is 0.437 bits per heavy atom. The van der Waals surface area contributed by atoms with Gasteiger partial charge in [0.1, 0.15) is 0 Å². The lowest BCUT2D eigenvalue weighted by molar-refractivity contribution is -0.493. The van der Waals surface area contributed by atoms with E-state index in [0.29, 0.717) is 12.1 Å². The van der Waals surface area contributed by atoms with Crippen LogP contribution in [0, 0.1) is 6.92 Å². The molecule has 0 aromatic heterocycles. The number of amides is 1. The lowest BCUT2D eigenvalue weighted by Gasteiger charge is -2.47. The summed E-state index contributed by atoms with van der Waals surface area (Å²) in [7, 11) is 0. The first kappa shape index (κ1) is 64.5. The summed E-state index contributed by atoms with van der Waals surface area (Å²) < 4.78 is 514. The van der Waals surface area contributed by atoms with E-state index < -0.39 is 131 Å². The van der Waals surface area contributed by atoms with Crippen molar-refractivity contribution in [2.24, 2.45) is 4.99 Å². The topological polar surface area (TPSA) is 58.5 Å². The van der Waals surface area contributed by atoms with Crippen LogP contribution in [0.3, 0.4) is 0 Å². The minimum Gasteiger partial charge on any atom is -0.349 e. The molecule has 0 heterocycles. The zero-order valence-electron chi connectivity index (χ0n) is 32.3. The third-order valence-corrected chi connectivity index (χ3v) is 9.30. The van der Waals surface area contributed by atoms with Crippen LogP contribution in [-0.2, 0) is 4.79 Å². The molecule has 1 amide bonds. The smallest absolute Gasteiger partial charge is 0.349 e. The first-order valence-electron chi connectivity index (χ1n) is 16.5. The van der Waals surface area contributed by atoms with Crippen LogP contribution in [-0.4, -0.2) is 125 Å². The minimum absolute atomic E-state index is 0.00286. The average Bonchev–Trinajstić information content (AvgIpc) is 3.16. The van der Waals surface area contributed by atoms with Crippen LogP contribution in [0.4, 0.5) is 168 Å². The highest BCUT2D eigenvalue weighted by Gasteiger charge is 3.02. The first-order valence-corrected chi connectivity index (χ1v) is 16.5. The van der Waals surface area contributed by atoms with E-state index in [-0.39, 0.29) is 18.2 Å². The number of aliphatic imine (C=N–C) groups is 1. The predicted octanol–water partition coefficient (Wildman–Crippen LogP) is 13.8. The van der Waals surface area contributed by atoms with Gasteiger partial charge in [-0.2, -0.15) is 167 Å². The molecular weight excluding hydrogens is 1120 g/mol. The van der Waals surface area contributed by atoms with Crippen LogP contribution in [0.5, 0.6) is 0 Å². The maximum atomic E-state index is 14.5. The molecule has 1 aromatic rings. The van der Waals surface area contributed by atoms with Crippen LogP contribution < -0.4 is 5.32 Å². The van der Waals surface area contributed by atoms with E-state index in [0.717, 1.165) is 19.1 Å². The van der Waals surface area contributed by atoms with Gasteiger partial charge in [0.25, 0.3) is 5.91 Å².